The monoisotopic (exact) mass is 526 g/mol. The number of nitrogens with one attached hydrogen (secondary N) is 1. The molecule has 1 amide bonds. The Morgan fingerprint density at radius 2 is 1.95 bits per heavy atom. The van der Waals surface area contributed by atoms with Gasteiger partial charge in [0.15, 0.2) is 5.82 Å². The lowest BCUT2D eigenvalue weighted by molar-refractivity contribution is 0.0503. The Morgan fingerprint density at radius 1 is 1.13 bits per heavy atom. The number of likely N-dealkylation sites (N-methyl/N-ethyl adjacent to an activating group) is 1. The van der Waals surface area contributed by atoms with Crippen molar-refractivity contribution in [3.05, 3.63) is 111 Å². The van der Waals surface area contributed by atoms with Gasteiger partial charge in [-0.05, 0) is 78.8 Å². The molecule has 38 heavy (non-hydrogen) atoms. The summed E-state index contributed by atoms with van der Waals surface area (Å²) in [7, 11) is 1.94. The number of hydrogen-bond acceptors (Lipinski definition) is 4. The predicted octanol–water partition coefficient (Wildman–Crippen LogP) is 6.89. The fourth-order valence-electron chi connectivity index (χ4n) is 6.24. The lowest BCUT2D eigenvalue weighted by atomic mass is 9.76. The number of halogens is 2. The minimum atomic E-state index is -0.471. The van der Waals surface area contributed by atoms with Crippen molar-refractivity contribution in [1.82, 2.24) is 14.9 Å². The number of aromatic nitrogens is 2. The molecule has 0 radical (unpaired) electrons. The quantitative estimate of drug-likeness (QED) is 0.294. The van der Waals surface area contributed by atoms with E-state index in [0.29, 0.717) is 16.9 Å². The van der Waals surface area contributed by atoms with Crippen LogP contribution in [-0.2, 0) is 18.4 Å². The normalized spacial score (nSPS) is 18.9. The lowest BCUT2D eigenvalue weighted by Gasteiger charge is -2.45. The van der Waals surface area contributed by atoms with E-state index in [0.717, 1.165) is 41.5 Å². The van der Waals surface area contributed by atoms with Crippen LogP contribution in [0, 0.1) is 12.7 Å². The molecule has 0 saturated carbocycles. The van der Waals surface area contributed by atoms with Crippen molar-refractivity contribution in [2.75, 3.05) is 12.4 Å². The third kappa shape index (κ3) is 3.86. The summed E-state index contributed by atoms with van der Waals surface area (Å²) < 4.78 is 14.7. The molecule has 1 spiro atoms. The fourth-order valence-corrected chi connectivity index (χ4v) is 6.39. The first-order chi connectivity index (χ1) is 18.3. The van der Waals surface area contributed by atoms with E-state index >= 15 is 0 Å². The molecule has 2 aliphatic rings. The molecule has 0 saturated heterocycles. The minimum Gasteiger partial charge on any atom is -0.377 e. The van der Waals surface area contributed by atoms with E-state index in [-0.39, 0.29) is 22.6 Å². The third-order valence-electron chi connectivity index (χ3n) is 8.13. The van der Waals surface area contributed by atoms with Gasteiger partial charge in [-0.25, -0.2) is 9.37 Å². The second-order valence-electron chi connectivity index (χ2n) is 10.4. The summed E-state index contributed by atoms with van der Waals surface area (Å²) in [6, 6.07) is 17.5. The van der Waals surface area contributed by atoms with Crippen LogP contribution in [0.2, 0.25) is 5.15 Å². The van der Waals surface area contributed by atoms with E-state index in [1.54, 1.807) is 12.1 Å². The summed E-state index contributed by atoms with van der Waals surface area (Å²) in [6.07, 6.45) is 5.30. The van der Waals surface area contributed by atoms with Crippen LogP contribution in [0.4, 0.5) is 10.1 Å². The molecule has 4 aromatic rings. The summed E-state index contributed by atoms with van der Waals surface area (Å²) >= 11 is 6.21. The maximum atomic E-state index is 14.7. The Bertz CT molecular complexity index is 1590. The zero-order valence-corrected chi connectivity index (χ0v) is 22.3. The fraction of sp³-hybridized carbons (Fsp3) is 0.258. The first kappa shape index (κ1) is 24.6. The molecule has 192 valence electrons. The number of nitrogens with zero attached hydrogens (tertiary/aromatic N) is 3. The highest BCUT2D eigenvalue weighted by molar-refractivity contribution is 6.29. The molecular weight excluding hydrogens is 499 g/mol. The molecule has 2 aromatic carbocycles. The molecule has 0 bridgehead atoms. The first-order valence-electron chi connectivity index (χ1n) is 12.8. The molecule has 7 heteroatoms. The van der Waals surface area contributed by atoms with Gasteiger partial charge in [0.2, 0.25) is 0 Å². The number of carbonyl (C=O) groups excluding carboxylic acids is 1. The number of carbonyl (C=O) groups is 1. The summed E-state index contributed by atoms with van der Waals surface area (Å²) in [6.45, 7) is 4.08. The molecule has 2 unspecified atom stereocenters. The number of hydrogen-bond donors (Lipinski definition) is 1. The number of pyridine rings is 2. The Kier molecular flexibility index (Phi) is 5.95. The van der Waals surface area contributed by atoms with Gasteiger partial charge < -0.3 is 10.2 Å². The van der Waals surface area contributed by atoms with Crippen LogP contribution in [-0.4, -0.2) is 27.8 Å². The molecule has 0 fully saturated rings. The second kappa shape index (κ2) is 9.21. The van der Waals surface area contributed by atoms with E-state index in [1.807, 2.05) is 31.0 Å². The molecule has 1 N–H and O–H groups in total. The van der Waals surface area contributed by atoms with E-state index < -0.39 is 5.82 Å². The Labute approximate surface area is 226 Å². The van der Waals surface area contributed by atoms with Gasteiger partial charge in [0.25, 0.3) is 5.91 Å². The van der Waals surface area contributed by atoms with Gasteiger partial charge in [-0.3, -0.25) is 9.78 Å². The zero-order valence-electron chi connectivity index (χ0n) is 21.6. The second-order valence-corrected chi connectivity index (χ2v) is 10.7. The van der Waals surface area contributed by atoms with E-state index in [1.165, 1.54) is 23.5 Å². The predicted molar refractivity (Wildman–Crippen MR) is 148 cm³/mol. The summed E-state index contributed by atoms with van der Waals surface area (Å²) in [4.78, 5) is 24.1. The largest absolute Gasteiger partial charge is 0.377 e. The van der Waals surface area contributed by atoms with Crippen LogP contribution in [0.25, 0.3) is 11.3 Å². The first-order valence-corrected chi connectivity index (χ1v) is 13.2. The van der Waals surface area contributed by atoms with Crippen LogP contribution in [0.1, 0.15) is 57.6 Å². The van der Waals surface area contributed by atoms with E-state index in [4.69, 9.17) is 11.6 Å². The van der Waals surface area contributed by atoms with Gasteiger partial charge in [0.05, 0.1) is 23.1 Å². The van der Waals surface area contributed by atoms with Crippen molar-refractivity contribution in [3.8, 4) is 11.3 Å². The third-order valence-corrected chi connectivity index (χ3v) is 8.34. The molecule has 2 atom stereocenters. The summed E-state index contributed by atoms with van der Waals surface area (Å²) in [5, 5.41) is 3.82. The highest BCUT2D eigenvalue weighted by Crippen LogP contribution is 2.48. The summed E-state index contributed by atoms with van der Waals surface area (Å²) in [5.74, 6) is -0.422. The van der Waals surface area contributed by atoms with Crippen LogP contribution in [0.15, 0.2) is 67.0 Å². The number of benzene rings is 2. The van der Waals surface area contributed by atoms with Crippen LogP contribution in [0.5, 0.6) is 0 Å². The van der Waals surface area contributed by atoms with Gasteiger partial charge in [-0.1, -0.05) is 41.9 Å². The average molecular weight is 527 g/mol. The smallest absolute Gasteiger partial charge is 0.254 e. The topological polar surface area (TPSA) is 58.1 Å². The molecule has 1 aliphatic carbocycles. The van der Waals surface area contributed by atoms with Gasteiger partial charge in [-0.2, -0.15) is 0 Å². The molecule has 3 heterocycles. The number of rotatable bonds is 4. The Balaban J connectivity index is 1.43. The lowest BCUT2D eigenvalue weighted by Crippen LogP contribution is -2.51. The number of aryl methyl sites for hydroxylation is 2. The van der Waals surface area contributed by atoms with Crippen molar-refractivity contribution in [2.24, 2.45) is 0 Å². The zero-order chi connectivity index (χ0) is 26.6. The Morgan fingerprint density at radius 3 is 2.76 bits per heavy atom. The maximum Gasteiger partial charge on any atom is 0.254 e. The number of amides is 1. The van der Waals surface area contributed by atoms with E-state index in [2.05, 4.69) is 52.5 Å². The van der Waals surface area contributed by atoms with Gasteiger partial charge in [0, 0.05) is 36.8 Å². The van der Waals surface area contributed by atoms with Crippen LogP contribution in [0.3, 0.4) is 0 Å². The van der Waals surface area contributed by atoms with Crippen molar-refractivity contribution >= 4 is 23.2 Å². The van der Waals surface area contributed by atoms with Crippen molar-refractivity contribution < 1.29 is 9.18 Å². The molecule has 2 aromatic heterocycles. The number of fused-ring (bicyclic) bond motifs is 3. The number of anilines is 1. The molecule has 5 nitrogen and oxygen atoms in total. The minimum absolute atomic E-state index is 0.0489. The average Bonchev–Trinajstić information content (AvgIpc) is 3.28. The Hall–Kier alpha value is -3.77. The summed E-state index contributed by atoms with van der Waals surface area (Å²) in [5.41, 5.74) is 7.48. The van der Waals surface area contributed by atoms with Gasteiger partial charge >= 0.3 is 0 Å². The van der Waals surface area contributed by atoms with Crippen molar-refractivity contribution in [3.63, 3.8) is 0 Å². The molecule has 1 aliphatic heterocycles. The SMILES string of the molecule is Cc1cc2c(c(C(C)Nc3ccc(Cl)nc3-c3ccncc3F)c1)CC1(CCc3ccccc31)N(C)C2=O. The van der Waals surface area contributed by atoms with Crippen molar-refractivity contribution in [2.45, 2.75) is 44.7 Å². The standard InChI is InChI=1S/C31H28ClFN4O/c1-18-14-22(19(2)35-27-8-9-28(32)36-29(27)21-11-13-34-17-26(21)33)24-16-31(37(3)30(38)23(24)15-18)12-10-20-6-4-5-7-25(20)31/h4-9,11,13-15,17,19,35H,10,12,16H2,1-3H3. The van der Waals surface area contributed by atoms with E-state index in [9.17, 15) is 9.18 Å². The van der Waals surface area contributed by atoms with Crippen LogP contribution < -0.4 is 5.32 Å². The van der Waals surface area contributed by atoms with Gasteiger partial charge in [0.1, 0.15) is 5.15 Å². The maximum absolute atomic E-state index is 14.7. The molecule has 6 rings (SSSR count). The highest BCUT2D eigenvalue weighted by Gasteiger charge is 2.48. The molecular formula is C31H28ClFN4O. The van der Waals surface area contributed by atoms with Gasteiger partial charge in [-0.15, -0.1) is 0 Å². The van der Waals surface area contributed by atoms with Crippen LogP contribution >= 0.6 is 11.6 Å². The van der Waals surface area contributed by atoms with Crippen molar-refractivity contribution in [1.29, 1.82) is 0 Å². The highest BCUT2D eigenvalue weighted by atomic mass is 35.5.